The molecule has 1 atom stereocenters. The molecule has 9 heteroatoms. The first kappa shape index (κ1) is 21.2. The molecule has 1 aliphatic heterocycles. The molecule has 1 unspecified atom stereocenters. The number of nitrogens with one attached hydrogen (secondary N) is 1. The summed E-state index contributed by atoms with van der Waals surface area (Å²) in [7, 11) is 1.60. The first-order valence-corrected chi connectivity index (χ1v) is 10.6. The highest BCUT2D eigenvalue weighted by Gasteiger charge is 2.27. The van der Waals surface area contributed by atoms with Crippen LogP contribution in [0.4, 0.5) is 5.69 Å². The van der Waals surface area contributed by atoms with Gasteiger partial charge in [0.2, 0.25) is 0 Å². The molecule has 1 aromatic heterocycles. The summed E-state index contributed by atoms with van der Waals surface area (Å²) in [6, 6.07) is 14.5. The van der Waals surface area contributed by atoms with Crippen LogP contribution in [0, 0.1) is 12.8 Å². The Balaban J connectivity index is 1.34. The van der Waals surface area contributed by atoms with Crippen LogP contribution in [-0.4, -0.2) is 33.9 Å². The first-order chi connectivity index (χ1) is 16.5. The highest BCUT2D eigenvalue weighted by molar-refractivity contribution is 6.03. The Kier molecular flexibility index (Phi) is 5.43. The Bertz CT molecular complexity index is 1400. The van der Waals surface area contributed by atoms with E-state index in [2.05, 4.69) is 25.9 Å². The largest absolute Gasteiger partial charge is 0.497 e. The van der Waals surface area contributed by atoms with Crippen LogP contribution >= 0.6 is 0 Å². The lowest BCUT2D eigenvalue weighted by Crippen LogP contribution is -2.17. The topological polar surface area (TPSA) is 111 Å². The van der Waals surface area contributed by atoms with Crippen LogP contribution in [0.1, 0.15) is 21.7 Å². The van der Waals surface area contributed by atoms with Gasteiger partial charge in [0.1, 0.15) is 5.75 Å². The number of hydrogen-bond acceptors (Lipinski definition) is 6. The van der Waals surface area contributed by atoms with Gasteiger partial charge in [-0.3, -0.25) is 9.59 Å². The highest BCUT2D eigenvalue weighted by Crippen LogP contribution is 2.34. The number of amides is 2. The van der Waals surface area contributed by atoms with Crippen molar-refractivity contribution in [3.63, 3.8) is 0 Å². The zero-order chi connectivity index (χ0) is 23.7. The van der Waals surface area contributed by atoms with E-state index < -0.39 is 5.92 Å². The molecule has 2 heterocycles. The predicted octanol–water partition coefficient (Wildman–Crippen LogP) is 4.28. The second-order valence-corrected chi connectivity index (χ2v) is 7.73. The van der Waals surface area contributed by atoms with Crippen LogP contribution < -0.4 is 10.1 Å². The van der Waals surface area contributed by atoms with Crippen molar-refractivity contribution in [1.29, 1.82) is 0 Å². The number of rotatable bonds is 5. The maximum atomic E-state index is 12.8. The van der Waals surface area contributed by atoms with E-state index in [0.717, 1.165) is 22.6 Å². The molecule has 1 aliphatic carbocycles. The molecule has 9 nitrogen and oxygen atoms in total. The minimum Gasteiger partial charge on any atom is -0.497 e. The minimum atomic E-state index is -0.409. The summed E-state index contributed by atoms with van der Waals surface area (Å²) in [6.45, 7) is 1.79. The van der Waals surface area contributed by atoms with Gasteiger partial charge < -0.3 is 10.1 Å². The number of hydrogen-bond donors (Lipinski definition) is 1. The Morgan fingerprint density at radius 2 is 1.79 bits per heavy atom. The van der Waals surface area contributed by atoms with Crippen LogP contribution in [-0.2, 0) is 4.79 Å². The van der Waals surface area contributed by atoms with E-state index in [1.165, 1.54) is 0 Å². The van der Waals surface area contributed by atoms with Gasteiger partial charge in [0.15, 0.2) is 5.69 Å². The number of aromatic nitrogens is 3. The molecule has 2 aliphatic rings. The van der Waals surface area contributed by atoms with E-state index in [9.17, 15) is 9.59 Å². The maximum Gasteiger partial charge on any atom is 0.278 e. The molecule has 2 aromatic carbocycles. The summed E-state index contributed by atoms with van der Waals surface area (Å²) in [4.78, 5) is 24.9. The Hall–Kier alpha value is -4.66. The van der Waals surface area contributed by atoms with Crippen molar-refractivity contribution in [3.05, 3.63) is 95.4 Å². The number of nitrogens with zero attached hydrogens (tertiary/aromatic N) is 5. The van der Waals surface area contributed by atoms with Crippen molar-refractivity contribution in [2.45, 2.75) is 6.92 Å². The van der Waals surface area contributed by atoms with E-state index in [0.29, 0.717) is 17.1 Å². The lowest BCUT2D eigenvalue weighted by Gasteiger charge is -2.19. The molecule has 0 saturated carbocycles. The monoisotopic (exact) mass is 452 g/mol. The Morgan fingerprint density at radius 1 is 1.03 bits per heavy atom. The SMILES string of the molecule is COc1ccc(-n2nnc(C(=O)Nc3ccc(C4=C5C=CC=CC5C(=O)N=N4)cc3)c2C)cc1. The van der Waals surface area contributed by atoms with Gasteiger partial charge in [-0.1, -0.05) is 41.7 Å². The lowest BCUT2D eigenvalue weighted by atomic mass is 9.89. The molecular weight excluding hydrogens is 432 g/mol. The smallest absolute Gasteiger partial charge is 0.278 e. The normalized spacial score (nSPS) is 16.5. The number of methoxy groups -OCH3 is 1. The van der Waals surface area contributed by atoms with Gasteiger partial charge in [-0.25, -0.2) is 4.68 Å². The number of ether oxygens (including phenoxy) is 1. The van der Waals surface area contributed by atoms with Crippen molar-refractivity contribution in [2.24, 2.45) is 16.1 Å². The van der Waals surface area contributed by atoms with Crippen LogP contribution in [0.15, 0.2) is 88.6 Å². The number of anilines is 1. The van der Waals surface area contributed by atoms with Crippen LogP contribution in [0.3, 0.4) is 0 Å². The van der Waals surface area contributed by atoms with Gasteiger partial charge in [0, 0.05) is 11.3 Å². The molecule has 0 bridgehead atoms. The van der Waals surface area contributed by atoms with Gasteiger partial charge in [0.05, 0.1) is 30.1 Å². The van der Waals surface area contributed by atoms with Crippen molar-refractivity contribution < 1.29 is 14.3 Å². The van der Waals surface area contributed by atoms with Crippen LogP contribution in [0.2, 0.25) is 0 Å². The molecular formula is C25H20N6O3. The number of azo groups is 1. The quantitative estimate of drug-likeness (QED) is 0.621. The van der Waals surface area contributed by atoms with Crippen LogP contribution in [0.5, 0.6) is 5.75 Å². The Labute approximate surface area is 195 Å². The van der Waals surface area contributed by atoms with E-state index in [1.54, 1.807) is 30.8 Å². The van der Waals surface area contributed by atoms with Crippen molar-refractivity contribution >= 4 is 23.2 Å². The van der Waals surface area contributed by atoms with Gasteiger partial charge >= 0.3 is 0 Å². The van der Waals surface area contributed by atoms with E-state index in [4.69, 9.17) is 4.74 Å². The van der Waals surface area contributed by atoms with Crippen molar-refractivity contribution in [3.8, 4) is 11.4 Å². The first-order valence-electron chi connectivity index (χ1n) is 10.6. The summed E-state index contributed by atoms with van der Waals surface area (Å²) >= 11 is 0. The molecule has 0 fully saturated rings. The number of fused-ring (bicyclic) bond motifs is 1. The summed E-state index contributed by atoms with van der Waals surface area (Å²) in [6.07, 6.45) is 7.39. The standard InChI is InChI=1S/C25H20N6O3/c1-15-22(28-30-31(15)18-11-13-19(34-2)14-12-18)25(33)26-17-9-7-16(8-10-17)23-20-5-3-4-6-21(20)24(32)29-27-23/h3-14,21H,1-2H3,(H,26,33). The van der Waals surface area contributed by atoms with Gasteiger partial charge in [-0.15, -0.1) is 15.3 Å². The molecule has 168 valence electrons. The molecule has 2 amide bonds. The minimum absolute atomic E-state index is 0.228. The zero-order valence-electron chi connectivity index (χ0n) is 18.5. The van der Waals surface area contributed by atoms with Gasteiger partial charge in [-0.05, 0) is 48.9 Å². The van der Waals surface area contributed by atoms with Gasteiger partial charge in [-0.2, -0.15) is 0 Å². The second kappa shape index (κ2) is 8.70. The summed E-state index contributed by atoms with van der Waals surface area (Å²) in [5.41, 5.74) is 4.46. The summed E-state index contributed by atoms with van der Waals surface area (Å²) in [5.74, 6) is -0.322. The fraction of sp³-hybridized carbons (Fsp3) is 0.120. The third-order valence-corrected chi connectivity index (χ3v) is 5.66. The molecule has 0 saturated heterocycles. The average Bonchev–Trinajstić information content (AvgIpc) is 3.26. The molecule has 1 N–H and O–H groups in total. The van der Waals surface area contributed by atoms with Crippen LogP contribution in [0.25, 0.3) is 11.4 Å². The number of allylic oxidation sites excluding steroid dienone is 3. The molecule has 5 rings (SSSR count). The van der Waals surface area contributed by atoms with Gasteiger partial charge in [0.25, 0.3) is 11.8 Å². The number of carbonyl (C=O) groups is 2. The third-order valence-electron chi connectivity index (χ3n) is 5.66. The average molecular weight is 452 g/mol. The third kappa shape index (κ3) is 3.83. The fourth-order valence-corrected chi connectivity index (χ4v) is 3.84. The van der Waals surface area contributed by atoms with E-state index in [-0.39, 0.29) is 17.5 Å². The van der Waals surface area contributed by atoms with Crippen molar-refractivity contribution in [1.82, 2.24) is 15.0 Å². The lowest BCUT2D eigenvalue weighted by molar-refractivity contribution is -0.119. The van der Waals surface area contributed by atoms with Crippen molar-refractivity contribution in [2.75, 3.05) is 12.4 Å². The van der Waals surface area contributed by atoms with E-state index in [1.807, 2.05) is 60.7 Å². The molecule has 0 radical (unpaired) electrons. The molecule has 0 spiro atoms. The zero-order valence-corrected chi connectivity index (χ0v) is 18.5. The Morgan fingerprint density at radius 3 is 2.53 bits per heavy atom. The fourth-order valence-electron chi connectivity index (χ4n) is 3.84. The predicted molar refractivity (Wildman–Crippen MR) is 126 cm³/mol. The second-order valence-electron chi connectivity index (χ2n) is 7.73. The number of benzene rings is 2. The summed E-state index contributed by atoms with van der Waals surface area (Å²) in [5, 5.41) is 18.9. The maximum absolute atomic E-state index is 12.8. The number of carbonyl (C=O) groups excluding carboxylic acids is 2. The molecule has 3 aromatic rings. The summed E-state index contributed by atoms with van der Waals surface area (Å²) < 4.78 is 6.78. The molecule has 34 heavy (non-hydrogen) atoms. The van der Waals surface area contributed by atoms with E-state index >= 15 is 0 Å². The highest BCUT2D eigenvalue weighted by atomic mass is 16.5.